The van der Waals surface area contributed by atoms with Gasteiger partial charge in [0.2, 0.25) is 5.89 Å². The lowest BCUT2D eigenvalue weighted by Gasteiger charge is -2.07. The Bertz CT molecular complexity index is 1470. The van der Waals surface area contributed by atoms with Gasteiger partial charge in [0, 0.05) is 11.6 Å². The van der Waals surface area contributed by atoms with Crippen molar-refractivity contribution in [3.63, 3.8) is 0 Å². The first-order valence-electron chi connectivity index (χ1n) is 10.8. The topological polar surface area (TPSA) is 91.4 Å². The quantitative estimate of drug-likeness (QED) is 0.317. The van der Waals surface area contributed by atoms with Gasteiger partial charge in [0.05, 0.1) is 25.8 Å². The number of nitrogens with zero attached hydrogens (tertiary/aromatic N) is 3. The monoisotopic (exact) mass is 488 g/mol. The number of carbonyl (C=O) groups is 1. The fourth-order valence-electron chi connectivity index (χ4n) is 3.65. The molecular formula is C26H21ClN4O4. The van der Waals surface area contributed by atoms with Crippen LogP contribution < -0.4 is 14.8 Å². The molecule has 0 bridgehead atoms. The van der Waals surface area contributed by atoms with Gasteiger partial charge in [-0.1, -0.05) is 35.9 Å². The summed E-state index contributed by atoms with van der Waals surface area (Å²) in [4.78, 5) is 17.5. The second-order valence-electron chi connectivity index (χ2n) is 7.71. The number of halogens is 1. The second-order valence-corrected chi connectivity index (χ2v) is 8.12. The third kappa shape index (κ3) is 4.69. The average Bonchev–Trinajstić information content (AvgIpc) is 3.48. The normalized spacial score (nSPS) is 10.9. The number of hydrogen-bond donors (Lipinski definition) is 1. The predicted molar refractivity (Wildman–Crippen MR) is 133 cm³/mol. The minimum absolute atomic E-state index is 0.345. The predicted octanol–water partition coefficient (Wildman–Crippen LogP) is 5.66. The molecule has 0 fully saturated rings. The number of methoxy groups -OCH3 is 2. The van der Waals surface area contributed by atoms with Gasteiger partial charge in [0.15, 0.2) is 11.4 Å². The molecule has 176 valence electrons. The first kappa shape index (κ1) is 22.5. The molecule has 3 aromatic carbocycles. The summed E-state index contributed by atoms with van der Waals surface area (Å²) in [5, 5.41) is 7.79. The smallest absolute Gasteiger partial charge is 0.256 e. The SMILES string of the molecule is COc1ccc(Cn2nc(NC(=O)c3ccc(OC)c(Cl)c3)cc2-c2nc3ccccc3o2)cc1. The van der Waals surface area contributed by atoms with Crippen LogP contribution in [0, 0.1) is 0 Å². The maximum Gasteiger partial charge on any atom is 0.256 e. The minimum Gasteiger partial charge on any atom is -0.497 e. The van der Waals surface area contributed by atoms with E-state index in [4.69, 9.17) is 25.5 Å². The molecule has 35 heavy (non-hydrogen) atoms. The highest BCUT2D eigenvalue weighted by molar-refractivity contribution is 6.32. The van der Waals surface area contributed by atoms with Crippen LogP contribution in [0.15, 0.2) is 77.2 Å². The highest BCUT2D eigenvalue weighted by Crippen LogP contribution is 2.28. The lowest BCUT2D eigenvalue weighted by molar-refractivity contribution is 0.102. The maximum atomic E-state index is 12.9. The van der Waals surface area contributed by atoms with Crippen LogP contribution in [0.25, 0.3) is 22.7 Å². The van der Waals surface area contributed by atoms with Crippen LogP contribution in [0.2, 0.25) is 5.02 Å². The van der Waals surface area contributed by atoms with Crippen molar-refractivity contribution in [2.75, 3.05) is 19.5 Å². The summed E-state index contributed by atoms with van der Waals surface area (Å²) >= 11 is 6.18. The van der Waals surface area contributed by atoms with Crippen molar-refractivity contribution in [2.45, 2.75) is 6.54 Å². The number of nitrogens with one attached hydrogen (secondary N) is 1. The molecule has 0 radical (unpaired) electrons. The minimum atomic E-state index is -0.354. The highest BCUT2D eigenvalue weighted by Gasteiger charge is 2.18. The number of anilines is 1. The Morgan fingerprint density at radius 3 is 2.54 bits per heavy atom. The summed E-state index contributed by atoms with van der Waals surface area (Å²) in [5.41, 5.74) is 3.39. The number of hydrogen-bond acceptors (Lipinski definition) is 6. The number of ether oxygens (including phenoxy) is 2. The van der Waals surface area contributed by atoms with E-state index >= 15 is 0 Å². The van der Waals surface area contributed by atoms with Gasteiger partial charge in [-0.25, -0.2) is 4.98 Å². The second kappa shape index (κ2) is 9.52. The molecule has 0 aliphatic rings. The third-order valence-electron chi connectivity index (χ3n) is 5.44. The van der Waals surface area contributed by atoms with Crippen LogP contribution >= 0.6 is 11.6 Å². The van der Waals surface area contributed by atoms with E-state index in [-0.39, 0.29) is 5.91 Å². The van der Waals surface area contributed by atoms with Crippen molar-refractivity contribution in [1.82, 2.24) is 14.8 Å². The van der Waals surface area contributed by atoms with Gasteiger partial charge in [-0.15, -0.1) is 0 Å². The number of amides is 1. The Labute approximate surface area is 206 Å². The first-order valence-corrected chi connectivity index (χ1v) is 11.1. The van der Waals surface area contributed by atoms with E-state index in [1.807, 2.05) is 48.5 Å². The molecule has 5 aromatic rings. The van der Waals surface area contributed by atoms with Crippen molar-refractivity contribution >= 4 is 34.4 Å². The number of aromatic nitrogens is 3. The Hall–Kier alpha value is -4.30. The zero-order valence-electron chi connectivity index (χ0n) is 19.0. The summed E-state index contributed by atoms with van der Waals surface area (Å²) < 4.78 is 18.1. The van der Waals surface area contributed by atoms with E-state index in [0.717, 1.165) is 16.8 Å². The Morgan fingerprint density at radius 1 is 1.03 bits per heavy atom. The van der Waals surface area contributed by atoms with Gasteiger partial charge in [-0.2, -0.15) is 5.10 Å². The van der Waals surface area contributed by atoms with E-state index in [0.29, 0.717) is 45.9 Å². The van der Waals surface area contributed by atoms with Crippen LogP contribution in [0.5, 0.6) is 11.5 Å². The molecular weight excluding hydrogens is 468 g/mol. The lowest BCUT2D eigenvalue weighted by atomic mass is 10.2. The first-order chi connectivity index (χ1) is 17.0. The molecule has 1 amide bonds. The lowest BCUT2D eigenvalue weighted by Crippen LogP contribution is -2.13. The van der Waals surface area contributed by atoms with Crippen LogP contribution in [0.3, 0.4) is 0 Å². The summed E-state index contributed by atoms with van der Waals surface area (Å²) in [5.74, 6) is 1.66. The van der Waals surface area contributed by atoms with E-state index in [2.05, 4.69) is 15.4 Å². The zero-order valence-corrected chi connectivity index (χ0v) is 19.7. The molecule has 5 rings (SSSR count). The van der Waals surface area contributed by atoms with Crippen LogP contribution in [-0.2, 0) is 6.54 Å². The zero-order chi connectivity index (χ0) is 24.4. The van der Waals surface area contributed by atoms with Crippen molar-refractivity contribution < 1.29 is 18.7 Å². The summed E-state index contributed by atoms with van der Waals surface area (Å²) in [6.45, 7) is 0.433. The summed E-state index contributed by atoms with van der Waals surface area (Å²) in [7, 11) is 3.14. The molecule has 9 heteroatoms. The van der Waals surface area contributed by atoms with E-state index in [9.17, 15) is 4.79 Å². The van der Waals surface area contributed by atoms with Crippen molar-refractivity contribution in [3.05, 3.63) is 88.9 Å². The Morgan fingerprint density at radius 2 is 1.83 bits per heavy atom. The van der Waals surface area contributed by atoms with Crippen molar-refractivity contribution in [1.29, 1.82) is 0 Å². The molecule has 0 spiro atoms. The van der Waals surface area contributed by atoms with E-state index in [1.165, 1.54) is 7.11 Å². The van der Waals surface area contributed by atoms with Gasteiger partial charge < -0.3 is 19.2 Å². The molecule has 0 atom stereocenters. The molecule has 2 aromatic heterocycles. The van der Waals surface area contributed by atoms with Crippen molar-refractivity contribution in [3.8, 4) is 23.1 Å². The summed E-state index contributed by atoms with van der Waals surface area (Å²) in [6.07, 6.45) is 0. The molecule has 8 nitrogen and oxygen atoms in total. The van der Waals surface area contributed by atoms with Crippen LogP contribution in [0.1, 0.15) is 15.9 Å². The molecule has 1 N–H and O–H groups in total. The van der Waals surface area contributed by atoms with Crippen LogP contribution in [-0.4, -0.2) is 34.9 Å². The molecule has 0 aliphatic heterocycles. The number of oxazole rings is 1. The van der Waals surface area contributed by atoms with Crippen molar-refractivity contribution in [2.24, 2.45) is 0 Å². The number of fused-ring (bicyclic) bond motifs is 1. The molecule has 0 saturated heterocycles. The fourth-order valence-corrected chi connectivity index (χ4v) is 3.91. The Balaban J connectivity index is 1.48. The van der Waals surface area contributed by atoms with Gasteiger partial charge in [0.25, 0.3) is 5.91 Å². The molecule has 2 heterocycles. The van der Waals surface area contributed by atoms with Gasteiger partial charge >= 0.3 is 0 Å². The third-order valence-corrected chi connectivity index (χ3v) is 5.74. The largest absolute Gasteiger partial charge is 0.497 e. The van der Waals surface area contributed by atoms with Crippen LogP contribution in [0.4, 0.5) is 5.82 Å². The summed E-state index contributed by atoms with van der Waals surface area (Å²) in [6, 6.07) is 21.7. The Kier molecular flexibility index (Phi) is 6.12. The number of carbonyl (C=O) groups excluding carboxylic acids is 1. The number of benzene rings is 3. The maximum absolute atomic E-state index is 12.9. The fraction of sp³-hybridized carbons (Fsp3) is 0.115. The van der Waals surface area contributed by atoms with Gasteiger partial charge in [-0.05, 0) is 48.0 Å². The number of para-hydroxylation sites is 2. The molecule has 0 unspecified atom stereocenters. The number of rotatable bonds is 7. The average molecular weight is 489 g/mol. The highest BCUT2D eigenvalue weighted by atomic mass is 35.5. The standard InChI is InChI=1S/C26H21ClN4O4/c1-33-18-10-7-16(8-11-18)15-31-21(26-28-20-5-3-4-6-23(20)35-26)14-24(30-31)29-25(32)17-9-12-22(34-2)19(27)13-17/h3-14H,15H2,1-2H3,(H,29,30,32). The molecule has 0 aliphatic carbocycles. The van der Waals surface area contributed by atoms with Gasteiger partial charge in [-0.3, -0.25) is 9.48 Å². The van der Waals surface area contributed by atoms with Gasteiger partial charge in [0.1, 0.15) is 22.7 Å². The van der Waals surface area contributed by atoms with E-state index in [1.54, 1.807) is 36.1 Å². The van der Waals surface area contributed by atoms with E-state index < -0.39 is 0 Å². The molecule has 0 saturated carbocycles.